The fraction of sp³-hybridized carbons (Fsp3) is 0.0435. The third kappa shape index (κ3) is 4.09. The smallest absolute Gasteiger partial charge is 0.274 e. The van der Waals surface area contributed by atoms with E-state index in [-0.39, 0.29) is 5.56 Å². The summed E-state index contributed by atoms with van der Waals surface area (Å²) in [7, 11) is 0. The minimum atomic E-state index is -0.0588. The Morgan fingerprint density at radius 3 is 2.45 bits per heavy atom. The number of para-hydroxylation sites is 2. The van der Waals surface area contributed by atoms with Crippen molar-refractivity contribution in [3.8, 4) is 5.75 Å². The van der Waals surface area contributed by atoms with E-state index in [1.807, 2.05) is 66.7 Å². The lowest BCUT2D eigenvalue weighted by Crippen LogP contribution is -2.22. The Labute approximate surface area is 206 Å². The average Bonchev–Trinajstić information content (AvgIpc) is 3.25. The van der Waals surface area contributed by atoms with E-state index in [2.05, 4.69) is 52.8 Å². The lowest BCUT2D eigenvalue weighted by Gasteiger charge is -2.11. The molecule has 2 aromatic heterocycles. The summed E-state index contributed by atoms with van der Waals surface area (Å²) in [4.78, 5) is 18.2. The molecule has 0 unspecified atom stereocenters. The quantitative estimate of drug-likeness (QED) is 0.236. The first-order valence-corrected chi connectivity index (χ1v) is 12.5. The number of nitrogens with zero attached hydrogens (tertiary/aromatic N) is 2. The van der Waals surface area contributed by atoms with Crippen molar-refractivity contribution in [3.63, 3.8) is 0 Å². The van der Waals surface area contributed by atoms with Gasteiger partial charge in [0.1, 0.15) is 12.4 Å². The van der Waals surface area contributed by atoms with Gasteiger partial charge in [-0.1, -0.05) is 51.5 Å². The van der Waals surface area contributed by atoms with Crippen LogP contribution in [0, 0.1) is 0 Å². The molecular weight excluding hydrogens is 608 g/mol. The number of ether oxygens (including phenoxy) is 1. The zero-order valence-electron chi connectivity index (χ0n) is 15.8. The first-order chi connectivity index (χ1) is 15.0. The van der Waals surface area contributed by atoms with Crippen LogP contribution in [0.5, 0.6) is 5.75 Å². The molecule has 2 heterocycles. The summed E-state index contributed by atoms with van der Waals surface area (Å²) < 4.78 is 11.0. The number of imidazole rings is 1. The van der Waals surface area contributed by atoms with Gasteiger partial charge in [0.25, 0.3) is 5.56 Å². The highest BCUT2D eigenvalue weighted by Crippen LogP contribution is 2.35. The zero-order valence-corrected chi connectivity index (χ0v) is 21.4. The van der Waals surface area contributed by atoms with Crippen molar-refractivity contribution in [2.45, 2.75) is 6.61 Å². The maximum Gasteiger partial charge on any atom is 0.274 e. The van der Waals surface area contributed by atoms with Crippen LogP contribution in [0.15, 0.2) is 78.9 Å². The highest BCUT2D eigenvalue weighted by Gasteiger charge is 2.12. The summed E-state index contributed by atoms with van der Waals surface area (Å²) >= 11 is 12.0. The maximum atomic E-state index is 13.0. The van der Waals surface area contributed by atoms with Crippen LogP contribution >= 0.6 is 59.1 Å². The second-order valence-electron chi connectivity index (χ2n) is 6.86. The molecule has 0 saturated heterocycles. The molecule has 0 N–H and O–H groups in total. The first kappa shape index (κ1) is 20.9. The average molecular weight is 621 g/mol. The van der Waals surface area contributed by atoms with Crippen LogP contribution in [0.1, 0.15) is 11.1 Å². The van der Waals surface area contributed by atoms with Crippen LogP contribution in [0.4, 0.5) is 0 Å². The molecule has 0 aliphatic carbocycles. The van der Waals surface area contributed by atoms with Gasteiger partial charge in [0, 0.05) is 4.47 Å². The van der Waals surface area contributed by atoms with Crippen LogP contribution in [-0.2, 0) is 6.61 Å². The van der Waals surface area contributed by atoms with Crippen LogP contribution in [0.25, 0.3) is 22.1 Å². The van der Waals surface area contributed by atoms with Gasteiger partial charge in [0.2, 0.25) is 0 Å². The van der Waals surface area contributed by atoms with Crippen molar-refractivity contribution in [2.75, 3.05) is 0 Å². The molecule has 0 amide bonds. The summed E-state index contributed by atoms with van der Waals surface area (Å²) in [6.45, 7) is 0.452. The molecule has 0 fully saturated rings. The van der Waals surface area contributed by atoms with E-state index in [4.69, 9.17) is 4.74 Å². The van der Waals surface area contributed by atoms with Crippen molar-refractivity contribution in [2.24, 2.45) is 0 Å². The van der Waals surface area contributed by atoms with E-state index < -0.39 is 0 Å². The number of aromatic nitrogens is 2. The molecule has 0 aliphatic rings. The van der Waals surface area contributed by atoms with E-state index in [0.717, 1.165) is 41.3 Å². The van der Waals surface area contributed by atoms with Crippen molar-refractivity contribution >= 4 is 81.2 Å². The number of fused-ring (bicyclic) bond motifs is 3. The Morgan fingerprint density at radius 2 is 1.71 bits per heavy atom. The van der Waals surface area contributed by atoms with Gasteiger partial charge in [-0.25, -0.2) is 9.38 Å². The Morgan fingerprint density at radius 1 is 1.00 bits per heavy atom. The second-order valence-corrected chi connectivity index (χ2v) is 10.5. The van der Waals surface area contributed by atoms with Crippen LogP contribution < -0.4 is 14.8 Å². The minimum Gasteiger partial charge on any atom is -0.487 e. The monoisotopic (exact) mass is 618 g/mol. The van der Waals surface area contributed by atoms with Crippen LogP contribution in [0.2, 0.25) is 0 Å². The molecular formula is C23H13Br3N2O2S. The number of thiazole rings is 1. The standard InChI is InChI=1S/C23H13Br3N2O2S/c24-15-7-5-13(6-8-15)12-30-21-16(25)9-14(10-17(21)26)11-20-22(29)28-19-4-2-1-3-18(19)27-23(28)31-20/h1-11H,12H2/b20-11-. The van der Waals surface area contributed by atoms with Crippen molar-refractivity contribution < 1.29 is 4.74 Å². The number of hydrogen-bond acceptors (Lipinski definition) is 4. The van der Waals surface area contributed by atoms with Gasteiger partial charge in [-0.2, -0.15) is 0 Å². The molecule has 0 spiro atoms. The lowest BCUT2D eigenvalue weighted by molar-refractivity contribution is 0.302. The Balaban J connectivity index is 1.48. The van der Waals surface area contributed by atoms with Crippen LogP contribution in [0.3, 0.4) is 0 Å². The predicted octanol–water partition coefficient (Wildman–Crippen LogP) is 6.32. The number of hydrogen-bond donors (Lipinski definition) is 0. The van der Waals surface area contributed by atoms with Gasteiger partial charge in [-0.05, 0) is 85.5 Å². The Hall–Kier alpha value is -2.00. The van der Waals surface area contributed by atoms with E-state index >= 15 is 0 Å². The summed E-state index contributed by atoms with van der Waals surface area (Å²) in [6, 6.07) is 19.6. The summed E-state index contributed by atoms with van der Waals surface area (Å²) in [5, 5.41) is 0. The van der Waals surface area contributed by atoms with Crippen molar-refractivity contribution in [1.29, 1.82) is 0 Å². The Kier molecular flexibility index (Phi) is 5.73. The largest absolute Gasteiger partial charge is 0.487 e. The molecule has 0 aliphatic heterocycles. The molecule has 0 atom stereocenters. The number of halogens is 3. The van der Waals surface area contributed by atoms with Crippen molar-refractivity contribution in [3.05, 3.63) is 100 Å². The van der Waals surface area contributed by atoms with E-state index in [1.165, 1.54) is 11.3 Å². The Bertz CT molecular complexity index is 1520. The van der Waals surface area contributed by atoms with Gasteiger partial charge in [0.15, 0.2) is 4.96 Å². The van der Waals surface area contributed by atoms with Crippen molar-refractivity contribution in [1.82, 2.24) is 9.38 Å². The third-order valence-electron chi connectivity index (χ3n) is 4.76. The van der Waals surface area contributed by atoms with E-state index in [9.17, 15) is 4.79 Å². The summed E-state index contributed by atoms with van der Waals surface area (Å²) in [5.41, 5.74) is 3.56. The highest BCUT2D eigenvalue weighted by atomic mass is 79.9. The fourth-order valence-corrected chi connectivity index (χ4v) is 6.00. The van der Waals surface area contributed by atoms with E-state index in [0.29, 0.717) is 16.1 Å². The maximum absolute atomic E-state index is 13.0. The van der Waals surface area contributed by atoms with Crippen LogP contribution in [-0.4, -0.2) is 9.38 Å². The molecule has 3 aromatic carbocycles. The van der Waals surface area contributed by atoms with Gasteiger partial charge in [-0.15, -0.1) is 0 Å². The SMILES string of the molecule is O=c1/c(=C/c2cc(Br)c(OCc3ccc(Br)cc3)c(Br)c2)sc2nc3ccccc3n12. The third-order valence-corrected chi connectivity index (χ3v) is 7.44. The summed E-state index contributed by atoms with van der Waals surface area (Å²) in [5.74, 6) is 0.717. The molecule has 154 valence electrons. The highest BCUT2D eigenvalue weighted by molar-refractivity contribution is 9.11. The predicted molar refractivity (Wildman–Crippen MR) is 136 cm³/mol. The molecule has 8 heteroatoms. The minimum absolute atomic E-state index is 0.0588. The van der Waals surface area contributed by atoms with Gasteiger partial charge >= 0.3 is 0 Å². The van der Waals surface area contributed by atoms with Gasteiger partial charge in [-0.3, -0.25) is 4.79 Å². The first-order valence-electron chi connectivity index (χ1n) is 9.27. The molecule has 5 aromatic rings. The molecule has 0 radical (unpaired) electrons. The molecule has 4 nitrogen and oxygen atoms in total. The second kappa shape index (κ2) is 8.50. The molecule has 31 heavy (non-hydrogen) atoms. The number of rotatable bonds is 4. The summed E-state index contributed by atoms with van der Waals surface area (Å²) in [6.07, 6.45) is 1.88. The van der Waals surface area contributed by atoms with Gasteiger partial charge < -0.3 is 4.74 Å². The van der Waals surface area contributed by atoms with E-state index in [1.54, 1.807) is 4.40 Å². The molecule has 0 saturated carbocycles. The molecule has 5 rings (SSSR count). The zero-order chi connectivity index (χ0) is 21.5. The topological polar surface area (TPSA) is 43.6 Å². The molecule has 0 bridgehead atoms. The normalized spacial score (nSPS) is 12.2. The van der Waals surface area contributed by atoms with Gasteiger partial charge in [0.05, 0.1) is 24.5 Å². The lowest BCUT2D eigenvalue weighted by atomic mass is 10.2. The number of benzene rings is 3. The fourth-order valence-electron chi connectivity index (χ4n) is 3.30.